The van der Waals surface area contributed by atoms with Crippen LogP contribution < -0.4 is 5.32 Å². The number of nitrogens with one attached hydrogen (secondary N) is 1. The minimum absolute atomic E-state index is 0.148. The quantitative estimate of drug-likeness (QED) is 0.435. The van der Waals surface area contributed by atoms with Crippen molar-refractivity contribution in [3.8, 4) is 16.9 Å². The fraction of sp³-hybridized carbons (Fsp3) is 0.0800. The maximum absolute atomic E-state index is 14.6. The predicted octanol–water partition coefficient (Wildman–Crippen LogP) is 5.80. The molecule has 156 valence electrons. The van der Waals surface area contributed by atoms with Crippen LogP contribution in [0.4, 0.5) is 13.2 Å². The Hall–Kier alpha value is -3.80. The molecular weight excluding hydrogens is 401 g/mol. The Morgan fingerprint density at radius 2 is 1.55 bits per heavy atom. The van der Waals surface area contributed by atoms with Crippen LogP contribution in [-0.2, 0) is 6.54 Å². The summed E-state index contributed by atoms with van der Waals surface area (Å²) in [6, 6.07) is 20.1. The van der Waals surface area contributed by atoms with E-state index in [1.807, 2.05) is 30.3 Å². The molecule has 6 heteroatoms. The standard InChI is InChI=1S/C25H19F3N2O/c1-16-21(25(31)29-15-17-7-9-19(26)10-8-17)14-24(18-5-3-2-4-6-18)30(16)23-12-11-20(27)13-22(23)28/h2-14H,15H2,1H3,(H,29,31). The maximum atomic E-state index is 14.6. The third-order valence-electron chi connectivity index (χ3n) is 5.08. The van der Waals surface area contributed by atoms with Gasteiger partial charge in [-0.2, -0.15) is 0 Å². The van der Waals surface area contributed by atoms with E-state index in [0.717, 1.165) is 17.2 Å². The molecule has 0 aliphatic heterocycles. The van der Waals surface area contributed by atoms with Crippen LogP contribution in [0, 0.1) is 24.4 Å². The number of hydrogen-bond acceptors (Lipinski definition) is 1. The second kappa shape index (κ2) is 8.52. The van der Waals surface area contributed by atoms with E-state index in [0.29, 0.717) is 17.0 Å². The lowest BCUT2D eigenvalue weighted by Crippen LogP contribution is -2.23. The van der Waals surface area contributed by atoms with Gasteiger partial charge in [-0.15, -0.1) is 0 Å². The van der Waals surface area contributed by atoms with E-state index in [1.54, 1.807) is 29.7 Å². The molecule has 4 rings (SSSR count). The normalized spacial score (nSPS) is 10.8. The van der Waals surface area contributed by atoms with Gasteiger partial charge >= 0.3 is 0 Å². The summed E-state index contributed by atoms with van der Waals surface area (Å²) in [6.45, 7) is 1.93. The molecule has 0 aliphatic rings. The summed E-state index contributed by atoms with van der Waals surface area (Å²) in [6.07, 6.45) is 0. The van der Waals surface area contributed by atoms with Crippen LogP contribution in [0.3, 0.4) is 0 Å². The van der Waals surface area contributed by atoms with Crippen molar-refractivity contribution in [3.05, 3.63) is 113 Å². The average Bonchev–Trinajstić information content (AvgIpc) is 3.11. The van der Waals surface area contributed by atoms with Gasteiger partial charge in [0.05, 0.1) is 16.9 Å². The van der Waals surface area contributed by atoms with Gasteiger partial charge in [0.1, 0.15) is 17.5 Å². The smallest absolute Gasteiger partial charge is 0.253 e. The molecule has 0 spiro atoms. The van der Waals surface area contributed by atoms with Crippen LogP contribution in [-0.4, -0.2) is 10.5 Å². The molecule has 3 nitrogen and oxygen atoms in total. The highest BCUT2D eigenvalue weighted by molar-refractivity contribution is 5.97. The third-order valence-corrected chi connectivity index (χ3v) is 5.08. The summed E-state index contributed by atoms with van der Waals surface area (Å²) >= 11 is 0. The number of carbonyl (C=O) groups is 1. The first-order chi connectivity index (χ1) is 14.9. The zero-order valence-electron chi connectivity index (χ0n) is 16.7. The molecule has 31 heavy (non-hydrogen) atoms. The van der Waals surface area contributed by atoms with Gasteiger partial charge in [0.25, 0.3) is 5.91 Å². The number of halogens is 3. The average molecular weight is 420 g/mol. The van der Waals surface area contributed by atoms with Crippen LogP contribution in [0.25, 0.3) is 16.9 Å². The molecule has 1 N–H and O–H groups in total. The molecule has 0 radical (unpaired) electrons. The Balaban J connectivity index is 1.74. The zero-order chi connectivity index (χ0) is 22.0. The third kappa shape index (κ3) is 4.23. The zero-order valence-corrected chi connectivity index (χ0v) is 16.7. The summed E-state index contributed by atoms with van der Waals surface area (Å²) in [7, 11) is 0. The Kier molecular flexibility index (Phi) is 5.62. The fourth-order valence-corrected chi connectivity index (χ4v) is 3.51. The highest BCUT2D eigenvalue weighted by Gasteiger charge is 2.21. The van der Waals surface area contributed by atoms with E-state index in [2.05, 4.69) is 5.32 Å². The molecule has 4 aromatic rings. The first kappa shape index (κ1) is 20.5. The lowest BCUT2D eigenvalue weighted by atomic mass is 10.1. The van der Waals surface area contributed by atoms with E-state index >= 15 is 0 Å². The van der Waals surface area contributed by atoms with Gasteiger partial charge in [-0.3, -0.25) is 4.79 Å². The van der Waals surface area contributed by atoms with Gasteiger partial charge < -0.3 is 9.88 Å². The lowest BCUT2D eigenvalue weighted by Gasteiger charge is -2.13. The van der Waals surface area contributed by atoms with Crippen molar-refractivity contribution in [3.63, 3.8) is 0 Å². The minimum Gasteiger partial charge on any atom is -0.348 e. The van der Waals surface area contributed by atoms with Gasteiger partial charge in [0.15, 0.2) is 0 Å². The van der Waals surface area contributed by atoms with E-state index in [-0.39, 0.29) is 24.0 Å². The van der Waals surface area contributed by atoms with Gasteiger partial charge in [0.2, 0.25) is 0 Å². The molecule has 1 heterocycles. The van der Waals surface area contributed by atoms with Gasteiger partial charge in [0, 0.05) is 18.3 Å². The maximum Gasteiger partial charge on any atom is 0.253 e. The monoisotopic (exact) mass is 420 g/mol. The Labute approximate surface area is 177 Å². The molecule has 1 amide bonds. The molecular formula is C25H19F3N2O. The largest absolute Gasteiger partial charge is 0.348 e. The number of hydrogen-bond donors (Lipinski definition) is 1. The molecule has 3 aromatic carbocycles. The van der Waals surface area contributed by atoms with E-state index in [1.165, 1.54) is 24.3 Å². The summed E-state index contributed by atoms with van der Waals surface area (Å²) in [5.41, 5.74) is 3.17. The van der Waals surface area contributed by atoms with Crippen LogP contribution >= 0.6 is 0 Å². The fourth-order valence-electron chi connectivity index (χ4n) is 3.51. The minimum atomic E-state index is -0.728. The Morgan fingerprint density at radius 3 is 2.23 bits per heavy atom. The molecule has 1 aromatic heterocycles. The SMILES string of the molecule is Cc1c(C(=O)NCc2ccc(F)cc2)cc(-c2ccccc2)n1-c1ccc(F)cc1F. The highest BCUT2D eigenvalue weighted by atomic mass is 19.1. The number of carbonyl (C=O) groups excluding carboxylic acids is 1. The van der Waals surface area contributed by atoms with Crippen molar-refractivity contribution in [2.45, 2.75) is 13.5 Å². The van der Waals surface area contributed by atoms with Gasteiger partial charge in [-0.05, 0) is 48.4 Å². The van der Waals surface area contributed by atoms with Crippen molar-refractivity contribution in [2.75, 3.05) is 0 Å². The number of benzene rings is 3. The van der Waals surface area contributed by atoms with E-state index in [9.17, 15) is 18.0 Å². The molecule has 0 saturated heterocycles. The summed E-state index contributed by atoms with van der Waals surface area (Å²) < 4.78 is 42.8. The van der Waals surface area contributed by atoms with Crippen LogP contribution in [0.1, 0.15) is 21.6 Å². The van der Waals surface area contributed by atoms with Crippen molar-refractivity contribution in [1.29, 1.82) is 0 Å². The van der Waals surface area contributed by atoms with Crippen molar-refractivity contribution >= 4 is 5.91 Å². The van der Waals surface area contributed by atoms with Gasteiger partial charge in [-0.25, -0.2) is 13.2 Å². The number of nitrogens with zero attached hydrogens (tertiary/aromatic N) is 1. The molecule has 0 bridgehead atoms. The van der Waals surface area contributed by atoms with Gasteiger partial charge in [-0.1, -0.05) is 42.5 Å². The van der Waals surface area contributed by atoms with Crippen molar-refractivity contribution in [1.82, 2.24) is 9.88 Å². The number of aromatic nitrogens is 1. The van der Waals surface area contributed by atoms with Crippen molar-refractivity contribution in [2.24, 2.45) is 0 Å². The van der Waals surface area contributed by atoms with Crippen LogP contribution in [0.2, 0.25) is 0 Å². The molecule has 0 unspecified atom stereocenters. The number of amides is 1. The number of rotatable bonds is 5. The van der Waals surface area contributed by atoms with E-state index < -0.39 is 11.6 Å². The Bertz CT molecular complexity index is 1230. The Morgan fingerprint density at radius 1 is 0.871 bits per heavy atom. The van der Waals surface area contributed by atoms with Crippen molar-refractivity contribution < 1.29 is 18.0 Å². The highest BCUT2D eigenvalue weighted by Crippen LogP contribution is 2.31. The second-order valence-electron chi connectivity index (χ2n) is 7.13. The second-order valence-corrected chi connectivity index (χ2v) is 7.13. The van der Waals surface area contributed by atoms with Crippen LogP contribution in [0.5, 0.6) is 0 Å². The molecule has 0 atom stereocenters. The first-order valence-corrected chi connectivity index (χ1v) is 9.70. The lowest BCUT2D eigenvalue weighted by molar-refractivity contribution is 0.0950. The summed E-state index contributed by atoms with van der Waals surface area (Å²) in [4.78, 5) is 12.9. The van der Waals surface area contributed by atoms with E-state index in [4.69, 9.17) is 0 Å². The summed E-state index contributed by atoms with van der Waals surface area (Å²) in [5.74, 6) is -2.10. The molecule has 0 aliphatic carbocycles. The first-order valence-electron chi connectivity index (χ1n) is 9.70. The predicted molar refractivity (Wildman–Crippen MR) is 113 cm³/mol. The topological polar surface area (TPSA) is 34.0 Å². The molecule has 0 fully saturated rings. The molecule has 0 saturated carbocycles. The van der Waals surface area contributed by atoms with Crippen LogP contribution in [0.15, 0.2) is 78.9 Å². The summed E-state index contributed by atoms with van der Waals surface area (Å²) in [5, 5.41) is 2.81.